The number of thiazole rings is 1. The number of halogens is 1. The second-order valence-electron chi connectivity index (χ2n) is 5.87. The van der Waals surface area contributed by atoms with E-state index in [0.29, 0.717) is 18.0 Å². The Hall–Kier alpha value is -2.42. The molecule has 3 aromatic rings. The van der Waals surface area contributed by atoms with E-state index >= 15 is 0 Å². The number of nitrogens with zero attached hydrogens (tertiary/aromatic N) is 2. The Kier molecular flexibility index (Phi) is 6.66. The van der Waals surface area contributed by atoms with Crippen LogP contribution >= 0.6 is 22.9 Å². The molecule has 1 aromatic heterocycles. The summed E-state index contributed by atoms with van der Waals surface area (Å²) in [5.41, 5.74) is 0.987. The number of carbonyl (C=O) groups is 1. The maximum absolute atomic E-state index is 13.0. The molecular formula is C19H18ClN3O3S2. The molecule has 9 heteroatoms. The predicted octanol–water partition coefficient (Wildman–Crippen LogP) is 3.35. The van der Waals surface area contributed by atoms with Crippen molar-refractivity contribution in [3.8, 4) is 0 Å². The van der Waals surface area contributed by atoms with E-state index in [-0.39, 0.29) is 16.6 Å². The van der Waals surface area contributed by atoms with Gasteiger partial charge >= 0.3 is 0 Å². The average Bonchev–Trinajstić information content (AvgIpc) is 3.21. The lowest BCUT2D eigenvalue weighted by atomic mass is 10.1. The molecule has 1 N–H and O–H groups in total. The molecule has 0 bridgehead atoms. The number of carbonyl (C=O) groups excluding carboxylic acids is 1. The zero-order chi connectivity index (χ0) is 20.0. The minimum atomic E-state index is -3.90. The van der Waals surface area contributed by atoms with E-state index < -0.39 is 15.9 Å². The maximum atomic E-state index is 13.0. The lowest BCUT2D eigenvalue weighted by molar-refractivity contribution is -0.119. The van der Waals surface area contributed by atoms with Crippen LogP contribution in [0.5, 0.6) is 0 Å². The minimum absolute atomic E-state index is 0.108. The highest BCUT2D eigenvalue weighted by Crippen LogP contribution is 2.25. The first kappa shape index (κ1) is 20.3. The summed E-state index contributed by atoms with van der Waals surface area (Å²) in [5, 5.41) is 5.30. The van der Waals surface area contributed by atoms with Crippen LogP contribution in [0.2, 0.25) is 5.02 Å². The van der Waals surface area contributed by atoms with Crippen LogP contribution in [0.4, 0.5) is 5.13 Å². The molecular weight excluding hydrogens is 418 g/mol. The fourth-order valence-corrected chi connectivity index (χ4v) is 5.02. The van der Waals surface area contributed by atoms with Crippen LogP contribution in [0, 0.1) is 0 Å². The Bertz CT molecular complexity index is 1030. The van der Waals surface area contributed by atoms with Crippen molar-refractivity contribution in [2.45, 2.75) is 11.3 Å². The summed E-state index contributed by atoms with van der Waals surface area (Å²) in [6.45, 7) is 0.0244. The number of amides is 1. The van der Waals surface area contributed by atoms with Crippen LogP contribution in [0.15, 0.2) is 71.1 Å². The van der Waals surface area contributed by atoms with Gasteiger partial charge in [0.1, 0.15) is 6.54 Å². The zero-order valence-corrected chi connectivity index (χ0v) is 17.2. The van der Waals surface area contributed by atoms with Gasteiger partial charge in [0.2, 0.25) is 5.91 Å². The molecule has 1 heterocycles. The monoisotopic (exact) mass is 435 g/mol. The highest BCUT2D eigenvalue weighted by molar-refractivity contribution is 7.93. The number of anilines is 1. The fourth-order valence-electron chi connectivity index (χ4n) is 2.54. The molecule has 0 aliphatic rings. The van der Waals surface area contributed by atoms with Crippen molar-refractivity contribution in [2.75, 3.05) is 17.4 Å². The Balaban J connectivity index is 1.69. The predicted molar refractivity (Wildman–Crippen MR) is 111 cm³/mol. The van der Waals surface area contributed by atoms with E-state index in [4.69, 9.17) is 11.6 Å². The smallest absolute Gasteiger partial charge is 0.266 e. The van der Waals surface area contributed by atoms with E-state index in [1.165, 1.54) is 18.3 Å². The van der Waals surface area contributed by atoms with Crippen LogP contribution in [0.25, 0.3) is 0 Å². The van der Waals surface area contributed by atoms with Gasteiger partial charge in [-0.3, -0.25) is 4.79 Å². The van der Waals surface area contributed by atoms with E-state index in [1.807, 2.05) is 18.2 Å². The first-order valence-corrected chi connectivity index (χ1v) is 11.1. The van der Waals surface area contributed by atoms with Gasteiger partial charge in [0.25, 0.3) is 10.0 Å². The summed E-state index contributed by atoms with van der Waals surface area (Å²) in [5.74, 6) is -0.406. The number of hydrogen-bond acceptors (Lipinski definition) is 5. The first-order valence-electron chi connectivity index (χ1n) is 8.45. The van der Waals surface area contributed by atoms with Gasteiger partial charge in [-0.1, -0.05) is 41.9 Å². The van der Waals surface area contributed by atoms with Gasteiger partial charge in [-0.2, -0.15) is 0 Å². The Morgan fingerprint density at radius 3 is 2.61 bits per heavy atom. The molecule has 3 rings (SSSR count). The number of hydrogen-bond donors (Lipinski definition) is 1. The standard InChI is InChI=1S/C19H18ClN3O3S2/c20-16-6-4-5-15(13-16)9-10-21-18(24)14-23(19-22-11-12-27-19)28(25,26)17-7-2-1-3-8-17/h1-8,11-13H,9-10,14H2,(H,21,24). The van der Waals surface area contributed by atoms with Crippen LogP contribution in [-0.2, 0) is 21.2 Å². The van der Waals surface area contributed by atoms with Crippen molar-refractivity contribution < 1.29 is 13.2 Å². The second-order valence-corrected chi connectivity index (χ2v) is 9.04. The van der Waals surface area contributed by atoms with E-state index in [9.17, 15) is 13.2 Å². The third-order valence-electron chi connectivity index (χ3n) is 3.88. The SMILES string of the molecule is O=C(CN(c1nccs1)S(=O)(=O)c1ccccc1)NCCc1cccc(Cl)c1. The molecule has 0 aliphatic carbocycles. The Morgan fingerprint density at radius 2 is 1.93 bits per heavy atom. The van der Waals surface area contributed by atoms with Gasteiger partial charge in [-0.15, -0.1) is 11.3 Å². The van der Waals surface area contributed by atoms with Gasteiger partial charge < -0.3 is 5.32 Å². The number of sulfonamides is 1. The van der Waals surface area contributed by atoms with Crippen molar-refractivity contribution in [1.82, 2.24) is 10.3 Å². The van der Waals surface area contributed by atoms with Crippen molar-refractivity contribution >= 4 is 44.0 Å². The number of nitrogens with one attached hydrogen (secondary N) is 1. The van der Waals surface area contributed by atoms with E-state index in [1.54, 1.807) is 29.6 Å². The summed E-state index contributed by atoms with van der Waals surface area (Å²) in [6.07, 6.45) is 2.10. The van der Waals surface area contributed by atoms with Gasteiger partial charge in [0, 0.05) is 23.1 Å². The third-order valence-corrected chi connectivity index (χ3v) is 6.77. The molecule has 0 unspecified atom stereocenters. The van der Waals surface area contributed by atoms with E-state index in [0.717, 1.165) is 21.2 Å². The van der Waals surface area contributed by atoms with Gasteiger partial charge in [-0.25, -0.2) is 17.7 Å². The molecule has 146 valence electrons. The summed E-state index contributed by atoms with van der Waals surface area (Å²) in [7, 11) is -3.90. The normalized spacial score (nSPS) is 11.2. The van der Waals surface area contributed by atoms with Crippen LogP contribution in [0.1, 0.15) is 5.56 Å². The van der Waals surface area contributed by atoms with Gasteiger partial charge in [0.05, 0.1) is 4.90 Å². The van der Waals surface area contributed by atoms with Crippen LogP contribution in [-0.4, -0.2) is 32.4 Å². The molecule has 28 heavy (non-hydrogen) atoms. The minimum Gasteiger partial charge on any atom is -0.354 e. The molecule has 0 radical (unpaired) electrons. The third kappa shape index (κ3) is 5.09. The molecule has 0 fully saturated rings. The fraction of sp³-hybridized carbons (Fsp3) is 0.158. The van der Waals surface area contributed by atoms with Crippen LogP contribution < -0.4 is 9.62 Å². The molecule has 1 amide bonds. The number of rotatable bonds is 8. The molecule has 0 aliphatic heterocycles. The zero-order valence-electron chi connectivity index (χ0n) is 14.8. The summed E-state index contributed by atoms with van der Waals surface area (Å²) >= 11 is 7.11. The molecule has 0 saturated carbocycles. The molecule has 0 saturated heterocycles. The van der Waals surface area contributed by atoms with E-state index in [2.05, 4.69) is 10.3 Å². The van der Waals surface area contributed by atoms with Crippen LogP contribution in [0.3, 0.4) is 0 Å². The van der Waals surface area contributed by atoms with Crippen molar-refractivity contribution in [3.63, 3.8) is 0 Å². The Labute approximate surface area is 172 Å². The maximum Gasteiger partial charge on any atom is 0.266 e. The number of aromatic nitrogens is 1. The first-order chi connectivity index (χ1) is 13.5. The lowest BCUT2D eigenvalue weighted by Crippen LogP contribution is -2.41. The molecule has 2 aromatic carbocycles. The molecule has 0 atom stereocenters. The summed E-state index contributed by atoms with van der Waals surface area (Å²) < 4.78 is 27.0. The van der Waals surface area contributed by atoms with Crippen molar-refractivity contribution in [2.24, 2.45) is 0 Å². The molecule has 0 spiro atoms. The highest BCUT2D eigenvalue weighted by atomic mass is 35.5. The average molecular weight is 436 g/mol. The topological polar surface area (TPSA) is 79.4 Å². The van der Waals surface area contributed by atoms with Gasteiger partial charge in [0.15, 0.2) is 5.13 Å². The van der Waals surface area contributed by atoms with Gasteiger partial charge in [-0.05, 0) is 36.2 Å². The van der Waals surface area contributed by atoms with Crippen molar-refractivity contribution in [3.05, 3.63) is 76.8 Å². The second kappa shape index (κ2) is 9.18. The highest BCUT2D eigenvalue weighted by Gasteiger charge is 2.28. The molecule has 6 nitrogen and oxygen atoms in total. The summed E-state index contributed by atoms with van der Waals surface area (Å²) in [4.78, 5) is 16.6. The Morgan fingerprint density at radius 1 is 1.14 bits per heavy atom. The summed E-state index contributed by atoms with van der Waals surface area (Å²) in [6, 6.07) is 15.4. The largest absolute Gasteiger partial charge is 0.354 e. The van der Waals surface area contributed by atoms with Crippen molar-refractivity contribution in [1.29, 1.82) is 0 Å². The quantitative estimate of drug-likeness (QED) is 0.588. The number of benzene rings is 2. The lowest BCUT2D eigenvalue weighted by Gasteiger charge is -2.21.